The summed E-state index contributed by atoms with van der Waals surface area (Å²) in [5, 5.41) is 3.73. The molecule has 3 atom stereocenters. The van der Waals surface area contributed by atoms with Gasteiger partial charge >= 0.3 is 0 Å². The molecular weight excluding hydrogens is 262 g/mol. The van der Waals surface area contributed by atoms with Gasteiger partial charge in [0.1, 0.15) is 0 Å². The summed E-state index contributed by atoms with van der Waals surface area (Å²) in [7, 11) is 0. The van der Waals surface area contributed by atoms with E-state index >= 15 is 0 Å². The molecule has 1 N–H and O–H groups in total. The van der Waals surface area contributed by atoms with Gasteiger partial charge in [-0.05, 0) is 48.8 Å². The Morgan fingerprint density at radius 3 is 2.56 bits per heavy atom. The predicted molar refractivity (Wildman–Crippen MR) is 70.2 cm³/mol. The van der Waals surface area contributed by atoms with Crippen LogP contribution in [0.2, 0.25) is 0 Å². The SMILES string of the molecule is Brc1ccc(CNC2CC3CCC2C3)cc1. The summed E-state index contributed by atoms with van der Waals surface area (Å²) in [6, 6.07) is 9.44. The van der Waals surface area contributed by atoms with Gasteiger partial charge in [-0.25, -0.2) is 0 Å². The molecule has 0 radical (unpaired) electrons. The van der Waals surface area contributed by atoms with Gasteiger partial charge in [0.2, 0.25) is 0 Å². The molecule has 2 bridgehead atoms. The van der Waals surface area contributed by atoms with Crippen molar-refractivity contribution in [3.63, 3.8) is 0 Å². The number of hydrogen-bond donors (Lipinski definition) is 1. The van der Waals surface area contributed by atoms with Gasteiger partial charge in [0.05, 0.1) is 0 Å². The topological polar surface area (TPSA) is 12.0 Å². The highest BCUT2D eigenvalue weighted by Gasteiger charge is 2.38. The van der Waals surface area contributed by atoms with Crippen molar-refractivity contribution in [3.05, 3.63) is 34.3 Å². The van der Waals surface area contributed by atoms with Crippen molar-refractivity contribution in [2.24, 2.45) is 11.8 Å². The molecular formula is C14H18BrN. The molecule has 2 fully saturated rings. The fourth-order valence-electron chi connectivity index (χ4n) is 3.35. The zero-order valence-electron chi connectivity index (χ0n) is 9.45. The van der Waals surface area contributed by atoms with Crippen LogP contribution in [0.1, 0.15) is 31.2 Å². The highest BCUT2D eigenvalue weighted by Crippen LogP contribution is 2.44. The Bertz CT molecular complexity index is 360. The molecule has 2 saturated carbocycles. The van der Waals surface area contributed by atoms with Gasteiger partial charge in [0, 0.05) is 17.1 Å². The third-order valence-electron chi connectivity index (χ3n) is 4.22. The maximum atomic E-state index is 3.73. The van der Waals surface area contributed by atoms with E-state index in [4.69, 9.17) is 0 Å². The molecule has 0 saturated heterocycles. The summed E-state index contributed by atoms with van der Waals surface area (Å²) in [5.41, 5.74) is 1.39. The predicted octanol–water partition coefficient (Wildman–Crippen LogP) is 3.73. The molecule has 0 heterocycles. The fourth-order valence-corrected chi connectivity index (χ4v) is 3.61. The quantitative estimate of drug-likeness (QED) is 0.889. The molecule has 0 aromatic heterocycles. The van der Waals surface area contributed by atoms with Crippen molar-refractivity contribution >= 4 is 15.9 Å². The molecule has 2 heteroatoms. The van der Waals surface area contributed by atoms with Gasteiger partial charge in [-0.2, -0.15) is 0 Å². The largest absolute Gasteiger partial charge is 0.310 e. The van der Waals surface area contributed by atoms with Crippen molar-refractivity contribution < 1.29 is 0 Å². The second kappa shape index (κ2) is 4.50. The molecule has 0 spiro atoms. The molecule has 1 nitrogen and oxygen atoms in total. The second-order valence-electron chi connectivity index (χ2n) is 5.29. The van der Waals surface area contributed by atoms with Crippen molar-refractivity contribution in [3.8, 4) is 0 Å². The maximum Gasteiger partial charge on any atom is 0.0208 e. The first-order valence-electron chi connectivity index (χ1n) is 6.29. The van der Waals surface area contributed by atoms with E-state index in [2.05, 4.69) is 45.5 Å². The first-order valence-corrected chi connectivity index (χ1v) is 7.08. The van der Waals surface area contributed by atoms with E-state index in [1.54, 1.807) is 0 Å². The minimum absolute atomic E-state index is 0.794. The third kappa shape index (κ3) is 2.18. The van der Waals surface area contributed by atoms with Crippen molar-refractivity contribution in [2.75, 3.05) is 0 Å². The van der Waals surface area contributed by atoms with Crippen LogP contribution in [0.15, 0.2) is 28.7 Å². The molecule has 86 valence electrons. The van der Waals surface area contributed by atoms with Gasteiger partial charge in [0.25, 0.3) is 0 Å². The molecule has 0 amide bonds. The summed E-state index contributed by atoms with van der Waals surface area (Å²) in [4.78, 5) is 0. The van der Waals surface area contributed by atoms with Crippen LogP contribution in [0.4, 0.5) is 0 Å². The lowest BCUT2D eigenvalue weighted by Gasteiger charge is -2.23. The van der Waals surface area contributed by atoms with E-state index in [-0.39, 0.29) is 0 Å². The molecule has 2 aliphatic carbocycles. The van der Waals surface area contributed by atoms with Crippen LogP contribution < -0.4 is 5.32 Å². The Morgan fingerprint density at radius 2 is 1.94 bits per heavy atom. The van der Waals surface area contributed by atoms with Crippen molar-refractivity contribution in [2.45, 2.75) is 38.3 Å². The van der Waals surface area contributed by atoms with E-state index in [0.29, 0.717) is 0 Å². The third-order valence-corrected chi connectivity index (χ3v) is 4.75. The number of rotatable bonds is 3. The number of benzene rings is 1. The van der Waals surface area contributed by atoms with Crippen molar-refractivity contribution in [1.29, 1.82) is 0 Å². The lowest BCUT2D eigenvalue weighted by molar-refractivity contribution is 0.351. The molecule has 3 rings (SSSR count). The first-order chi connectivity index (χ1) is 7.81. The number of hydrogen-bond acceptors (Lipinski definition) is 1. The molecule has 16 heavy (non-hydrogen) atoms. The summed E-state index contributed by atoms with van der Waals surface area (Å²) in [6.45, 7) is 1.03. The first kappa shape index (κ1) is 10.8. The number of halogens is 1. The van der Waals surface area contributed by atoms with Crippen LogP contribution in [0, 0.1) is 11.8 Å². The fraction of sp³-hybridized carbons (Fsp3) is 0.571. The van der Waals surface area contributed by atoms with Crippen molar-refractivity contribution in [1.82, 2.24) is 5.32 Å². The Kier molecular flexibility index (Phi) is 3.03. The Morgan fingerprint density at radius 1 is 1.12 bits per heavy atom. The molecule has 1 aromatic rings. The molecule has 2 aliphatic rings. The van der Waals surface area contributed by atoms with E-state index in [9.17, 15) is 0 Å². The smallest absolute Gasteiger partial charge is 0.0208 e. The van der Waals surface area contributed by atoms with E-state index < -0.39 is 0 Å². The zero-order valence-corrected chi connectivity index (χ0v) is 11.0. The summed E-state index contributed by atoms with van der Waals surface area (Å²) >= 11 is 3.47. The number of nitrogens with one attached hydrogen (secondary N) is 1. The Hall–Kier alpha value is -0.340. The Balaban J connectivity index is 1.55. The summed E-state index contributed by atoms with van der Waals surface area (Å²) < 4.78 is 1.16. The molecule has 0 aliphatic heterocycles. The van der Waals surface area contributed by atoms with E-state index in [1.165, 1.54) is 31.2 Å². The highest BCUT2D eigenvalue weighted by atomic mass is 79.9. The normalized spacial score (nSPS) is 32.2. The van der Waals surface area contributed by atoms with Gasteiger partial charge in [-0.15, -0.1) is 0 Å². The number of fused-ring (bicyclic) bond motifs is 2. The standard InChI is InChI=1S/C14H18BrN/c15-13-5-2-10(3-6-13)9-16-14-8-11-1-4-12(14)7-11/h2-3,5-6,11-12,14,16H,1,4,7-9H2. The van der Waals surface area contributed by atoms with Gasteiger partial charge < -0.3 is 5.32 Å². The zero-order chi connectivity index (χ0) is 11.0. The Labute approximate surface area is 106 Å². The van der Waals surface area contributed by atoms with Crippen LogP contribution >= 0.6 is 15.9 Å². The lowest BCUT2D eigenvalue weighted by Crippen LogP contribution is -2.33. The second-order valence-corrected chi connectivity index (χ2v) is 6.20. The van der Waals surface area contributed by atoms with Crippen LogP contribution in [0.5, 0.6) is 0 Å². The maximum absolute atomic E-state index is 3.73. The summed E-state index contributed by atoms with van der Waals surface area (Å²) in [5.74, 6) is 2.01. The minimum Gasteiger partial charge on any atom is -0.310 e. The average molecular weight is 280 g/mol. The van der Waals surface area contributed by atoms with Gasteiger partial charge in [0.15, 0.2) is 0 Å². The molecule has 1 aromatic carbocycles. The molecule has 3 unspecified atom stereocenters. The summed E-state index contributed by atoms with van der Waals surface area (Å²) in [6.07, 6.45) is 5.85. The van der Waals surface area contributed by atoms with Crippen LogP contribution in [-0.2, 0) is 6.54 Å². The van der Waals surface area contributed by atoms with Gasteiger partial charge in [-0.3, -0.25) is 0 Å². The minimum atomic E-state index is 0.794. The monoisotopic (exact) mass is 279 g/mol. The van der Waals surface area contributed by atoms with Crippen LogP contribution in [0.3, 0.4) is 0 Å². The average Bonchev–Trinajstić information content (AvgIpc) is 2.90. The van der Waals surface area contributed by atoms with Crippen LogP contribution in [0.25, 0.3) is 0 Å². The van der Waals surface area contributed by atoms with E-state index in [0.717, 1.165) is 28.9 Å². The van der Waals surface area contributed by atoms with E-state index in [1.807, 2.05) is 0 Å². The van der Waals surface area contributed by atoms with Gasteiger partial charge in [-0.1, -0.05) is 34.5 Å². The van der Waals surface area contributed by atoms with Crippen LogP contribution in [-0.4, -0.2) is 6.04 Å². The highest BCUT2D eigenvalue weighted by molar-refractivity contribution is 9.10. The lowest BCUT2D eigenvalue weighted by atomic mass is 9.95.